The Morgan fingerprint density at radius 3 is 2.44 bits per heavy atom. The van der Waals surface area contributed by atoms with Crippen LogP contribution in [-0.4, -0.2) is 49.7 Å². The predicted molar refractivity (Wildman–Crippen MR) is 66.5 cm³/mol. The third-order valence-electron chi connectivity index (χ3n) is 2.64. The third-order valence-corrected chi connectivity index (χ3v) is 2.64. The van der Waals surface area contributed by atoms with Gasteiger partial charge in [0.1, 0.15) is 0 Å². The Bertz CT molecular complexity index is 195. The van der Waals surface area contributed by atoms with Crippen LogP contribution >= 0.6 is 0 Å². The predicted octanol–water partition coefficient (Wildman–Crippen LogP) is 1.26. The summed E-state index contributed by atoms with van der Waals surface area (Å²) >= 11 is 0. The van der Waals surface area contributed by atoms with Gasteiger partial charge in [0, 0.05) is 25.7 Å². The Hall–Kier alpha value is -0.610. The number of methoxy groups -OCH3 is 1. The summed E-state index contributed by atoms with van der Waals surface area (Å²) in [7, 11) is 1.66. The van der Waals surface area contributed by atoms with Crippen molar-refractivity contribution >= 4 is 5.91 Å². The zero-order valence-electron chi connectivity index (χ0n) is 11.2. The zero-order chi connectivity index (χ0) is 12.6. The summed E-state index contributed by atoms with van der Waals surface area (Å²) < 4.78 is 5.03. The molecule has 1 amide bonds. The summed E-state index contributed by atoms with van der Waals surface area (Å²) in [6, 6.07) is 0.613. The van der Waals surface area contributed by atoms with Crippen LogP contribution in [0.25, 0.3) is 0 Å². The van der Waals surface area contributed by atoms with Crippen molar-refractivity contribution in [3.63, 3.8) is 0 Å². The van der Waals surface area contributed by atoms with Crippen molar-refractivity contribution in [1.29, 1.82) is 0 Å². The van der Waals surface area contributed by atoms with Crippen LogP contribution in [-0.2, 0) is 9.53 Å². The van der Waals surface area contributed by atoms with Gasteiger partial charge in [-0.05, 0) is 13.3 Å². The summed E-state index contributed by atoms with van der Waals surface area (Å²) in [4.78, 5) is 13.8. The van der Waals surface area contributed by atoms with Crippen LogP contribution in [0.2, 0.25) is 0 Å². The molecule has 0 aromatic carbocycles. The molecule has 16 heavy (non-hydrogen) atoms. The van der Waals surface area contributed by atoms with Gasteiger partial charge in [0.05, 0.1) is 13.2 Å². The largest absolute Gasteiger partial charge is 0.383 e. The highest BCUT2D eigenvalue weighted by atomic mass is 16.5. The molecule has 0 fully saturated rings. The van der Waals surface area contributed by atoms with Crippen molar-refractivity contribution in [1.82, 2.24) is 10.2 Å². The van der Waals surface area contributed by atoms with Crippen molar-refractivity contribution in [2.24, 2.45) is 0 Å². The molecule has 0 aliphatic heterocycles. The van der Waals surface area contributed by atoms with Gasteiger partial charge in [-0.3, -0.25) is 4.79 Å². The van der Waals surface area contributed by atoms with Gasteiger partial charge in [-0.2, -0.15) is 0 Å². The molecule has 0 aromatic rings. The maximum absolute atomic E-state index is 12.0. The van der Waals surface area contributed by atoms with Crippen molar-refractivity contribution < 1.29 is 9.53 Å². The van der Waals surface area contributed by atoms with E-state index in [1.165, 1.54) is 0 Å². The minimum atomic E-state index is 0.153. The first kappa shape index (κ1) is 15.4. The van der Waals surface area contributed by atoms with Crippen molar-refractivity contribution in [2.75, 3.05) is 26.8 Å². The van der Waals surface area contributed by atoms with Crippen LogP contribution in [0.5, 0.6) is 0 Å². The molecule has 96 valence electrons. The molecule has 0 bridgehead atoms. The first-order chi connectivity index (χ1) is 7.52. The molecule has 0 heterocycles. The van der Waals surface area contributed by atoms with Crippen molar-refractivity contribution in [3.05, 3.63) is 0 Å². The highest BCUT2D eigenvalue weighted by Gasteiger charge is 2.18. The van der Waals surface area contributed by atoms with Gasteiger partial charge in [-0.15, -0.1) is 0 Å². The first-order valence-electron chi connectivity index (χ1n) is 6.04. The lowest BCUT2D eigenvalue weighted by molar-refractivity contribution is -0.133. The van der Waals surface area contributed by atoms with Crippen LogP contribution < -0.4 is 5.32 Å². The Morgan fingerprint density at radius 2 is 2.00 bits per heavy atom. The van der Waals surface area contributed by atoms with E-state index in [0.717, 1.165) is 6.42 Å². The smallest absolute Gasteiger partial charge is 0.236 e. The number of nitrogens with one attached hydrogen (secondary N) is 1. The van der Waals surface area contributed by atoms with E-state index in [4.69, 9.17) is 4.74 Å². The molecule has 0 saturated carbocycles. The molecule has 1 atom stereocenters. The van der Waals surface area contributed by atoms with Crippen molar-refractivity contribution in [3.8, 4) is 0 Å². The van der Waals surface area contributed by atoms with E-state index < -0.39 is 0 Å². The van der Waals surface area contributed by atoms with Gasteiger partial charge in [-0.1, -0.05) is 20.8 Å². The summed E-state index contributed by atoms with van der Waals surface area (Å²) in [5, 5.41) is 3.15. The Morgan fingerprint density at radius 1 is 1.38 bits per heavy atom. The normalized spacial score (nSPS) is 12.9. The van der Waals surface area contributed by atoms with Crippen LogP contribution in [0.3, 0.4) is 0 Å². The average Bonchev–Trinajstić information content (AvgIpc) is 2.26. The number of amides is 1. The van der Waals surface area contributed by atoms with Gasteiger partial charge >= 0.3 is 0 Å². The SMILES string of the molecule is CCC(C)N(CCOC)C(=O)CNC(C)C. The molecular formula is C12H26N2O2. The number of hydrogen-bond donors (Lipinski definition) is 1. The topological polar surface area (TPSA) is 41.6 Å². The van der Waals surface area contributed by atoms with Crippen LogP contribution in [0, 0.1) is 0 Å². The lowest BCUT2D eigenvalue weighted by Crippen LogP contribution is -2.45. The second-order valence-electron chi connectivity index (χ2n) is 4.37. The number of carbonyl (C=O) groups is 1. The first-order valence-corrected chi connectivity index (χ1v) is 6.04. The highest BCUT2D eigenvalue weighted by molar-refractivity contribution is 5.78. The molecule has 0 saturated heterocycles. The van der Waals surface area contributed by atoms with Gasteiger partial charge in [0.2, 0.25) is 5.91 Å². The number of rotatable bonds is 8. The van der Waals surface area contributed by atoms with E-state index in [0.29, 0.717) is 25.7 Å². The minimum Gasteiger partial charge on any atom is -0.383 e. The fraction of sp³-hybridized carbons (Fsp3) is 0.917. The van der Waals surface area contributed by atoms with E-state index in [-0.39, 0.29) is 11.9 Å². The van der Waals surface area contributed by atoms with Gasteiger partial charge in [-0.25, -0.2) is 0 Å². The minimum absolute atomic E-state index is 0.153. The second-order valence-corrected chi connectivity index (χ2v) is 4.37. The van der Waals surface area contributed by atoms with Gasteiger partial charge in [0.25, 0.3) is 0 Å². The maximum atomic E-state index is 12.0. The number of hydrogen-bond acceptors (Lipinski definition) is 3. The number of nitrogens with zero attached hydrogens (tertiary/aromatic N) is 1. The molecule has 0 radical (unpaired) electrons. The quantitative estimate of drug-likeness (QED) is 0.682. The third kappa shape index (κ3) is 6.08. The molecule has 4 nitrogen and oxygen atoms in total. The molecular weight excluding hydrogens is 204 g/mol. The van der Waals surface area contributed by atoms with E-state index in [1.807, 2.05) is 18.7 Å². The fourth-order valence-corrected chi connectivity index (χ4v) is 1.39. The molecule has 0 aliphatic carbocycles. The fourth-order valence-electron chi connectivity index (χ4n) is 1.39. The van der Waals surface area contributed by atoms with E-state index in [9.17, 15) is 4.79 Å². The maximum Gasteiger partial charge on any atom is 0.236 e. The molecule has 1 N–H and O–H groups in total. The highest BCUT2D eigenvalue weighted by Crippen LogP contribution is 2.03. The zero-order valence-corrected chi connectivity index (χ0v) is 11.2. The van der Waals surface area contributed by atoms with Gasteiger partial charge in [0.15, 0.2) is 0 Å². The Labute approximate surface area is 99.3 Å². The lowest BCUT2D eigenvalue weighted by Gasteiger charge is -2.28. The van der Waals surface area contributed by atoms with Crippen LogP contribution in [0.15, 0.2) is 0 Å². The molecule has 0 rings (SSSR count). The summed E-state index contributed by atoms with van der Waals surface area (Å²) in [5.74, 6) is 0.153. The molecule has 1 unspecified atom stereocenters. The Balaban J connectivity index is 4.20. The van der Waals surface area contributed by atoms with Crippen molar-refractivity contribution in [2.45, 2.75) is 46.2 Å². The molecule has 4 heteroatoms. The lowest BCUT2D eigenvalue weighted by atomic mass is 10.2. The summed E-state index contributed by atoms with van der Waals surface area (Å²) in [6.07, 6.45) is 0.969. The average molecular weight is 230 g/mol. The molecule has 0 aromatic heterocycles. The number of ether oxygens (including phenoxy) is 1. The van der Waals surface area contributed by atoms with E-state index >= 15 is 0 Å². The summed E-state index contributed by atoms with van der Waals surface area (Å²) in [5.41, 5.74) is 0. The second kappa shape index (κ2) is 8.53. The van der Waals surface area contributed by atoms with Crippen LogP contribution in [0.1, 0.15) is 34.1 Å². The van der Waals surface area contributed by atoms with E-state index in [2.05, 4.69) is 19.2 Å². The number of carbonyl (C=O) groups excluding carboxylic acids is 1. The van der Waals surface area contributed by atoms with Gasteiger partial charge < -0.3 is 15.0 Å². The molecule has 0 aliphatic rings. The van der Waals surface area contributed by atoms with E-state index in [1.54, 1.807) is 7.11 Å². The monoisotopic (exact) mass is 230 g/mol. The molecule has 0 spiro atoms. The standard InChI is InChI=1S/C12H26N2O2/c1-6-11(4)14(7-8-16-5)12(15)9-13-10(2)3/h10-11,13H,6-9H2,1-5H3. The Kier molecular flexibility index (Phi) is 8.21. The van der Waals surface area contributed by atoms with Crippen LogP contribution in [0.4, 0.5) is 0 Å². The summed E-state index contributed by atoms with van der Waals surface area (Å²) in [6.45, 7) is 9.91.